The van der Waals surface area contributed by atoms with E-state index in [2.05, 4.69) is 29.6 Å². The molecule has 3 aromatic rings. The molecule has 1 aliphatic rings. The minimum Gasteiger partial charge on any atom is -0.478 e. The number of amides is 3. The van der Waals surface area contributed by atoms with E-state index in [1.54, 1.807) is 6.92 Å². The van der Waals surface area contributed by atoms with Crippen LogP contribution in [0.3, 0.4) is 0 Å². The number of benzene rings is 2. The lowest BCUT2D eigenvalue weighted by Crippen LogP contribution is -2.45. The molecule has 1 aliphatic heterocycles. The number of likely N-dealkylation sites (tertiary alicyclic amines) is 1. The summed E-state index contributed by atoms with van der Waals surface area (Å²) in [5, 5.41) is 18.9. The molecule has 188 valence electrons. The quantitative estimate of drug-likeness (QED) is 0.457. The van der Waals surface area contributed by atoms with Gasteiger partial charge in [-0.3, -0.25) is 4.79 Å². The lowest BCUT2D eigenvalue weighted by Gasteiger charge is -2.24. The Hall–Kier alpha value is -4.21. The molecule has 0 aliphatic carbocycles. The molecule has 3 amide bonds. The molecule has 0 radical (unpaired) electrons. The van der Waals surface area contributed by atoms with Crippen LogP contribution in [0.4, 0.5) is 20.7 Å². The van der Waals surface area contributed by atoms with Crippen molar-refractivity contribution >= 4 is 29.4 Å². The SMILES string of the molecule is Cc1cc(-n2ccc(NC(=O)[C@@H]3CCCN3C(=O)Nc3ccc(C(C)C)cc3)n2)c(F)cc1C(=O)O. The zero-order valence-corrected chi connectivity index (χ0v) is 20.3. The van der Waals surface area contributed by atoms with E-state index in [1.807, 2.05) is 24.3 Å². The topological polar surface area (TPSA) is 117 Å². The number of rotatable bonds is 6. The van der Waals surface area contributed by atoms with E-state index < -0.39 is 17.8 Å². The van der Waals surface area contributed by atoms with Gasteiger partial charge in [0.05, 0.1) is 5.56 Å². The monoisotopic (exact) mass is 493 g/mol. The second kappa shape index (κ2) is 10.2. The predicted octanol–water partition coefficient (Wildman–Crippen LogP) is 4.78. The molecular weight excluding hydrogens is 465 g/mol. The Balaban J connectivity index is 1.43. The van der Waals surface area contributed by atoms with Gasteiger partial charge in [-0.2, -0.15) is 0 Å². The van der Waals surface area contributed by atoms with E-state index in [9.17, 15) is 18.8 Å². The summed E-state index contributed by atoms with van der Waals surface area (Å²) in [5.74, 6) is -1.78. The maximum absolute atomic E-state index is 14.5. The highest BCUT2D eigenvalue weighted by atomic mass is 19.1. The first-order valence-electron chi connectivity index (χ1n) is 11.7. The number of carboxylic acids is 1. The lowest BCUT2D eigenvalue weighted by atomic mass is 10.0. The van der Waals surface area contributed by atoms with Crippen LogP contribution in [0.5, 0.6) is 0 Å². The number of aromatic nitrogens is 2. The first-order valence-corrected chi connectivity index (χ1v) is 11.7. The van der Waals surface area contributed by atoms with Gasteiger partial charge in [0.2, 0.25) is 5.91 Å². The van der Waals surface area contributed by atoms with Crippen LogP contribution in [0.1, 0.15) is 54.1 Å². The largest absolute Gasteiger partial charge is 0.478 e. The first kappa shape index (κ1) is 24.9. The third-order valence-electron chi connectivity index (χ3n) is 6.26. The number of halogens is 1. The van der Waals surface area contributed by atoms with Gasteiger partial charge in [0.1, 0.15) is 17.5 Å². The van der Waals surface area contributed by atoms with Crippen molar-refractivity contribution in [2.45, 2.75) is 45.6 Å². The average Bonchev–Trinajstić information content (AvgIpc) is 3.50. The molecule has 1 aromatic heterocycles. The van der Waals surface area contributed by atoms with Gasteiger partial charge in [-0.25, -0.2) is 18.7 Å². The Morgan fingerprint density at radius 1 is 1.11 bits per heavy atom. The molecule has 2 aromatic carbocycles. The molecule has 0 unspecified atom stereocenters. The van der Waals surface area contributed by atoms with Crippen molar-refractivity contribution in [2.75, 3.05) is 17.2 Å². The number of aryl methyl sites for hydroxylation is 1. The number of hydrogen-bond acceptors (Lipinski definition) is 4. The zero-order chi connectivity index (χ0) is 26.0. The standard InChI is InChI=1S/C26H28FN5O4/c1-15(2)17-6-8-18(9-7-17)28-26(36)31-11-4-5-21(31)24(33)29-23-10-12-32(30-23)22-13-16(3)19(25(34)35)14-20(22)27/h6-10,12-15,21H,4-5,11H2,1-3H3,(H,28,36)(H,34,35)(H,29,30,33)/t21-/m0/s1. The molecule has 0 saturated carbocycles. The van der Waals surface area contributed by atoms with Crippen molar-refractivity contribution in [3.63, 3.8) is 0 Å². The van der Waals surface area contributed by atoms with Gasteiger partial charge in [0.25, 0.3) is 0 Å². The molecule has 4 rings (SSSR count). The number of anilines is 2. The highest BCUT2D eigenvalue weighted by Gasteiger charge is 2.34. The van der Waals surface area contributed by atoms with Crippen molar-refractivity contribution in [3.05, 3.63) is 71.2 Å². The molecule has 2 heterocycles. The second-order valence-corrected chi connectivity index (χ2v) is 9.12. The van der Waals surface area contributed by atoms with Crippen LogP contribution >= 0.6 is 0 Å². The highest BCUT2D eigenvalue weighted by molar-refractivity contribution is 5.99. The Bertz CT molecular complexity index is 1300. The number of aromatic carboxylic acids is 1. The third kappa shape index (κ3) is 5.22. The Labute approximate surface area is 207 Å². The smallest absolute Gasteiger partial charge is 0.336 e. The molecule has 10 heteroatoms. The minimum atomic E-state index is -1.22. The van der Waals surface area contributed by atoms with E-state index in [0.717, 1.165) is 6.07 Å². The molecule has 3 N–H and O–H groups in total. The van der Waals surface area contributed by atoms with Crippen LogP contribution in [-0.2, 0) is 4.79 Å². The van der Waals surface area contributed by atoms with E-state index in [-0.39, 0.29) is 29.0 Å². The summed E-state index contributed by atoms with van der Waals surface area (Å²) in [4.78, 5) is 38.5. The summed E-state index contributed by atoms with van der Waals surface area (Å²) in [5.41, 5.74) is 2.13. The number of nitrogens with zero attached hydrogens (tertiary/aromatic N) is 3. The number of nitrogens with one attached hydrogen (secondary N) is 2. The van der Waals surface area contributed by atoms with E-state index >= 15 is 0 Å². The fraction of sp³-hybridized carbons (Fsp3) is 0.308. The second-order valence-electron chi connectivity index (χ2n) is 9.12. The van der Waals surface area contributed by atoms with Gasteiger partial charge < -0.3 is 20.6 Å². The van der Waals surface area contributed by atoms with Crippen LogP contribution in [0.2, 0.25) is 0 Å². The normalized spacial score (nSPS) is 15.2. The Morgan fingerprint density at radius 2 is 1.83 bits per heavy atom. The van der Waals surface area contributed by atoms with Crippen LogP contribution in [-0.4, -0.2) is 50.3 Å². The van der Waals surface area contributed by atoms with Crippen molar-refractivity contribution in [3.8, 4) is 5.69 Å². The molecular formula is C26H28FN5O4. The van der Waals surface area contributed by atoms with Gasteiger partial charge in [0, 0.05) is 24.5 Å². The fourth-order valence-electron chi connectivity index (χ4n) is 4.24. The number of carboxylic acid groups (broad SMARTS) is 1. The molecule has 1 atom stereocenters. The molecule has 0 bridgehead atoms. The van der Waals surface area contributed by atoms with Crippen LogP contribution < -0.4 is 10.6 Å². The van der Waals surface area contributed by atoms with Gasteiger partial charge in [0.15, 0.2) is 5.82 Å². The van der Waals surface area contributed by atoms with Gasteiger partial charge in [-0.1, -0.05) is 26.0 Å². The molecule has 1 fully saturated rings. The summed E-state index contributed by atoms with van der Waals surface area (Å²) in [7, 11) is 0. The van der Waals surface area contributed by atoms with Gasteiger partial charge in [-0.15, -0.1) is 5.10 Å². The fourth-order valence-corrected chi connectivity index (χ4v) is 4.24. The molecule has 36 heavy (non-hydrogen) atoms. The van der Waals surface area contributed by atoms with E-state index in [1.165, 1.54) is 33.5 Å². The van der Waals surface area contributed by atoms with Crippen molar-refractivity contribution in [1.29, 1.82) is 0 Å². The summed E-state index contributed by atoms with van der Waals surface area (Å²) < 4.78 is 15.7. The lowest BCUT2D eigenvalue weighted by molar-refractivity contribution is -0.119. The van der Waals surface area contributed by atoms with Crippen LogP contribution in [0.25, 0.3) is 5.69 Å². The summed E-state index contributed by atoms with van der Waals surface area (Å²) in [6.07, 6.45) is 2.66. The number of urea groups is 1. The van der Waals surface area contributed by atoms with Crippen LogP contribution in [0, 0.1) is 12.7 Å². The van der Waals surface area contributed by atoms with Gasteiger partial charge >= 0.3 is 12.0 Å². The summed E-state index contributed by atoms with van der Waals surface area (Å²) in [6, 6.07) is 10.4. The predicted molar refractivity (Wildman–Crippen MR) is 133 cm³/mol. The summed E-state index contributed by atoms with van der Waals surface area (Å²) >= 11 is 0. The minimum absolute atomic E-state index is 0.0587. The van der Waals surface area contributed by atoms with E-state index in [4.69, 9.17) is 5.11 Å². The Kier molecular flexibility index (Phi) is 7.05. The zero-order valence-electron chi connectivity index (χ0n) is 20.3. The van der Waals surface area contributed by atoms with Crippen molar-refractivity contribution in [1.82, 2.24) is 14.7 Å². The molecule has 1 saturated heterocycles. The van der Waals surface area contributed by atoms with Crippen LogP contribution in [0.15, 0.2) is 48.7 Å². The van der Waals surface area contributed by atoms with E-state index in [0.29, 0.717) is 36.6 Å². The molecule has 0 spiro atoms. The first-order chi connectivity index (χ1) is 17.1. The number of carbonyl (C=O) groups excluding carboxylic acids is 2. The van der Waals surface area contributed by atoms with Gasteiger partial charge in [-0.05, 0) is 61.1 Å². The van der Waals surface area contributed by atoms with Crippen molar-refractivity contribution < 1.29 is 23.9 Å². The number of carbonyl (C=O) groups is 3. The third-order valence-corrected chi connectivity index (χ3v) is 6.26. The average molecular weight is 494 g/mol. The maximum atomic E-state index is 14.5. The summed E-state index contributed by atoms with van der Waals surface area (Å²) in [6.45, 7) is 6.20. The Morgan fingerprint density at radius 3 is 2.50 bits per heavy atom. The highest BCUT2D eigenvalue weighted by Crippen LogP contribution is 2.23. The molecule has 9 nitrogen and oxygen atoms in total. The maximum Gasteiger partial charge on any atom is 0.336 e. The number of hydrogen-bond donors (Lipinski definition) is 3. The van der Waals surface area contributed by atoms with Crippen molar-refractivity contribution in [2.24, 2.45) is 0 Å².